The van der Waals surface area contributed by atoms with Gasteiger partial charge >= 0.3 is 6.03 Å². The Balaban J connectivity index is 1.75. The van der Waals surface area contributed by atoms with Gasteiger partial charge in [-0.25, -0.2) is 4.79 Å². The molecule has 0 unspecified atom stereocenters. The van der Waals surface area contributed by atoms with Crippen molar-refractivity contribution >= 4 is 23.3 Å². The number of carbonyl (C=O) groups excluding carboxylic acids is 2. The van der Waals surface area contributed by atoms with Crippen LogP contribution in [0, 0.1) is 0 Å². The van der Waals surface area contributed by atoms with Gasteiger partial charge in [-0.2, -0.15) is 0 Å². The molecule has 1 aromatic rings. The molecular weight excluding hydrogens is 310 g/mol. The molecule has 1 aromatic heterocycles. The van der Waals surface area contributed by atoms with Gasteiger partial charge in [0.1, 0.15) is 0 Å². The van der Waals surface area contributed by atoms with Crippen molar-refractivity contribution < 1.29 is 9.59 Å². The monoisotopic (exact) mass is 337 g/mol. The summed E-state index contributed by atoms with van der Waals surface area (Å²) >= 11 is 1.74. The van der Waals surface area contributed by atoms with Crippen LogP contribution in [0.4, 0.5) is 4.79 Å². The quantitative estimate of drug-likeness (QED) is 0.898. The van der Waals surface area contributed by atoms with Gasteiger partial charge in [0.05, 0.1) is 0 Å². The molecule has 0 radical (unpaired) electrons. The van der Waals surface area contributed by atoms with E-state index in [1.807, 2.05) is 11.0 Å². The summed E-state index contributed by atoms with van der Waals surface area (Å²) in [7, 11) is 3.54. The minimum absolute atomic E-state index is 0.0313. The lowest BCUT2D eigenvalue weighted by Crippen LogP contribution is -2.47. The highest BCUT2D eigenvalue weighted by Crippen LogP contribution is 2.14. The molecular formula is C17H27N3O2S. The summed E-state index contributed by atoms with van der Waals surface area (Å²) in [5.74, 6) is 0.103. The van der Waals surface area contributed by atoms with Crippen LogP contribution in [0.2, 0.25) is 0 Å². The van der Waals surface area contributed by atoms with Crippen molar-refractivity contribution in [2.45, 2.75) is 44.6 Å². The average molecular weight is 337 g/mol. The van der Waals surface area contributed by atoms with Crippen molar-refractivity contribution in [2.75, 3.05) is 27.2 Å². The Hall–Kier alpha value is -1.56. The molecule has 1 N–H and O–H groups in total. The Bertz CT molecular complexity index is 502. The number of rotatable bonds is 5. The fraction of sp³-hybridized carbons (Fsp3) is 0.647. The van der Waals surface area contributed by atoms with E-state index in [0.29, 0.717) is 13.0 Å². The van der Waals surface area contributed by atoms with Gasteiger partial charge in [-0.15, -0.1) is 11.3 Å². The van der Waals surface area contributed by atoms with E-state index < -0.39 is 0 Å². The zero-order valence-electron chi connectivity index (χ0n) is 14.1. The summed E-state index contributed by atoms with van der Waals surface area (Å²) in [5.41, 5.74) is 0. The van der Waals surface area contributed by atoms with E-state index in [0.717, 1.165) is 38.6 Å². The summed E-state index contributed by atoms with van der Waals surface area (Å²) < 4.78 is 0. The SMILES string of the molecule is CN(C)C(=O)N1CCCC[C@@H](NC(=O)CCCc2cccs2)C1. The molecule has 128 valence electrons. The van der Waals surface area contributed by atoms with Crippen LogP contribution >= 0.6 is 11.3 Å². The van der Waals surface area contributed by atoms with Gasteiger partial charge < -0.3 is 15.1 Å². The lowest BCUT2D eigenvalue weighted by Gasteiger charge is -2.27. The molecule has 0 aromatic carbocycles. The molecule has 0 aliphatic carbocycles. The van der Waals surface area contributed by atoms with Crippen molar-refractivity contribution in [1.29, 1.82) is 0 Å². The topological polar surface area (TPSA) is 52.7 Å². The van der Waals surface area contributed by atoms with E-state index in [9.17, 15) is 9.59 Å². The van der Waals surface area contributed by atoms with Gasteiger partial charge in [-0.3, -0.25) is 4.79 Å². The molecule has 1 atom stereocenters. The minimum atomic E-state index is 0.0313. The molecule has 1 saturated heterocycles. The summed E-state index contributed by atoms with van der Waals surface area (Å²) in [6, 6.07) is 4.26. The summed E-state index contributed by atoms with van der Waals surface area (Å²) in [6.45, 7) is 1.40. The highest BCUT2D eigenvalue weighted by atomic mass is 32.1. The molecule has 0 spiro atoms. The van der Waals surface area contributed by atoms with Gasteiger partial charge in [0.2, 0.25) is 5.91 Å². The highest BCUT2D eigenvalue weighted by molar-refractivity contribution is 7.09. The van der Waals surface area contributed by atoms with Gasteiger partial charge in [0, 0.05) is 44.5 Å². The molecule has 23 heavy (non-hydrogen) atoms. The molecule has 1 fully saturated rings. The van der Waals surface area contributed by atoms with E-state index in [1.54, 1.807) is 30.3 Å². The third-order valence-corrected chi connectivity index (χ3v) is 5.03. The lowest BCUT2D eigenvalue weighted by atomic mass is 10.1. The summed E-state index contributed by atoms with van der Waals surface area (Å²) in [4.78, 5) is 29.0. The van der Waals surface area contributed by atoms with Crippen LogP contribution in [0.3, 0.4) is 0 Å². The van der Waals surface area contributed by atoms with Crippen LogP contribution in [0.5, 0.6) is 0 Å². The average Bonchev–Trinajstić information content (AvgIpc) is 2.92. The van der Waals surface area contributed by atoms with Gasteiger partial charge in [-0.05, 0) is 43.6 Å². The number of thiophene rings is 1. The Kier molecular flexibility index (Phi) is 6.89. The summed E-state index contributed by atoms with van der Waals surface area (Å²) in [5, 5.41) is 5.18. The first-order valence-electron chi connectivity index (χ1n) is 8.34. The predicted octanol–water partition coefficient (Wildman–Crippen LogP) is 2.72. The van der Waals surface area contributed by atoms with Crippen molar-refractivity contribution in [3.63, 3.8) is 0 Å². The molecule has 3 amide bonds. The molecule has 5 nitrogen and oxygen atoms in total. The maximum absolute atomic E-state index is 12.1. The smallest absolute Gasteiger partial charge is 0.319 e. The second-order valence-corrected chi connectivity index (χ2v) is 7.35. The Morgan fingerprint density at radius 3 is 2.91 bits per heavy atom. The number of urea groups is 1. The molecule has 1 aliphatic rings. The normalized spacial score (nSPS) is 18.3. The van der Waals surface area contributed by atoms with E-state index in [4.69, 9.17) is 0 Å². The zero-order chi connectivity index (χ0) is 16.7. The third kappa shape index (κ3) is 5.86. The zero-order valence-corrected chi connectivity index (χ0v) is 14.9. The van der Waals surface area contributed by atoms with Crippen LogP contribution in [0.1, 0.15) is 37.0 Å². The van der Waals surface area contributed by atoms with Crippen LogP contribution in [-0.2, 0) is 11.2 Å². The van der Waals surface area contributed by atoms with Crippen LogP contribution in [0.15, 0.2) is 17.5 Å². The second kappa shape index (κ2) is 8.91. The first-order valence-corrected chi connectivity index (χ1v) is 9.22. The molecule has 2 rings (SSSR count). The fourth-order valence-electron chi connectivity index (χ4n) is 2.89. The predicted molar refractivity (Wildman–Crippen MR) is 93.7 cm³/mol. The van der Waals surface area contributed by atoms with Gasteiger partial charge in [0.25, 0.3) is 0 Å². The highest BCUT2D eigenvalue weighted by Gasteiger charge is 2.23. The fourth-order valence-corrected chi connectivity index (χ4v) is 3.65. The Morgan fingerprint density at radius 2 is 2.22 bits per heavy atom. The minimum Gasteiger partial charge on any atom is -0.352 e. The van der Waals surface area contributed by atoms with Crippen LogP contribution < -0.4 is 5.32 Å². The maximum Gasteiger partial charge on any atom is 0.319 e. The lowest BCUT2D eigenvalue weighted by molar-refractivity contribution is -0.122. The molecule has 0 saturated carbocycles. The van der Waals surface area contributed by atoms with Gasteiger partial charge in [0.15, 0.2) is 0 Å². The van der Waals surface area contributed by atoms with Crippen molar-refractivity contribution in [3.8, 4) is 0 Å². The molecule has 1 aliphatic heterocycles. The van der Waals surface area contributed by atoms with E-state index in [2.05, 4.69) is 16.8 Å². The number of likely N-dealkylation sites (tertiary alicyclic amines) is 1. The number of amides is 3. The number of hydrogen-bond acceptors (Lipinski definition) is 3. The van der Waals surface area contributed by atoms with Crippen molar-refractivity contribution in [1.82, 2.24) is 15.1 Å². The first-order chi connectivity index (χ1) is 11.1. The summed E-state index contributed by atoms with van der Waals surface area (Å²) in [6.07, 6.45) is 5.39. The van der Waals surface area contributed by atoms with E-state index in [-0.39, 0.29) is 18.0 Å². The van der Waals surface area contributed by atoms with Gasteiger partial charge in [-0.1, -0.05) is 6.07 Å². The molecule has 6 heteroatoms. The number of carbonyl (C=O) groups is 2. The van der Waals surface area contributed by atoms with E-state index >= 15 is 0 Å². The number of aryl methyl sites for hydroxylation is 1. The number of nitrogens with zero attached hydrogens (tertiary/aromatic N) is 2. The molecule has 2 heterocycles. The number of nitrogens with one attached hydrogen (secondary N) is 1. The van der Waals surface area contributed by atoms with Crippen LogP contribution in [0.25, 0.3) is 0 Å². The van der Waals surface area contributed by atoms with Crippen LogP contribution in [-0.4, -0.2) is 55.0 Å². The maximum atomic E-state index is 12.1. The molecule has 0 bridgehead atoms. The largest absolute Gasteiger partial charge is 0.352 e. The van der Waals surface area contributed by atoms with Crippen molar-refractivity contribution in [2.24, 2.45) is 0 Å². The second-order valence-electron chi connectivity index (χ2n) is 6.32. The Labute approximate surface area is 142 Å². The van der Waals surface area contributed by atoms with Crippen molar-refractivity contribution in [3.05, 3.63) is 22.4 Å². The standard InChI is InChI=1S/C17H27N3O2S/c1-19(2)17(22)20-11-4-3-7-14(13-20)18-16(21)10-5-8-15-9-6-12-23-15/h6,9,12,14H,3-5,7-8,10-11,13H2,1-2H3,(H,18,21)/t14-/m1/s1. The van der Waals surface area contributed by atoms with E-state index in [1.165, 1.54) is 4.88 Å². The number of hydrogen-bond donors (Lipinski definition) is 1. The first kappa shape index (κ1) is 17.8. The Morgan fingerprint density at radius 1 is 1.39 bits per heavy atom. The third-order valence-electron chi connectivity index (χ3n) is 4.10.